The maximum Gasteiger partial charge on any atom is 0.162 e. The van der Waals surface area contributed by atoms with Crippen LogP contribution in [0.25, 0.3) is 16.8 Å². The maximum absolute atomic E-state index is 5.44. The lowest BCUT2D eigenvalue weighted by atomic mass is 10.1. The molecule has 3 aromatic rings. The molecule has 1 aliphatic heterocycles. The van der Waals surface area contributed by atoms with E-state index in [4.69, 9.17) is 4.74 Å². The first-order chi connectivity index (χ1) is 11.8. The zero-order valence-electron chi connectivity index (χ0n) is 13.9. The van der Waals surface area contributed by atoms with Gasteiger partial charge in [-0.3, -0.25) is 4.90 Å². The highest BCUT2D eigenvalue weighted by atomic mass is 16.5. The van der Waals surface area contributed by atoms with Crippen molar-refractivity contribution in [1.29, 1.82) is 0 Å². The molecule has 0 unspecified atom stereocenters. The number of rotatable bonds is 4. The zero-order valence-corrected chi connectivity index (χ0v) is 13.9. The summed E-state index contributed by atoms with van der Waals surface area (Å²) in [5.74, 6) is 0. The minimum absolute atomic E-state index is 0.418. The molecule has 0 radical (unpaired) electrons. The van der Waals surface area contributed by atoms with Crippen LogP contribution < -0.4 is 0 Å². The summed E-state index contributed by atoms with van der Waals surface area (Å²) in [7, 11) is 1.81. The first kappa shape index (κ1) is 15.3. The fourth-order valence-corrected chi connectivity index (χ4v) is 3.38. The van der Waals surface area contributed by atoms with Crippen LogP contribution in [0.2, 0.25) is 0 Å². The molecule has 5 heteroatoms. The van der Waals surface area contributed by atoms with E-state index in [-0.39, 0.29) is 0 Å². The summed E-state index contributed by atoms with van der Waals surface area (Å²) < 4.78 is 7.33. The van der Waals surface area contributed by atoms with Crippen LogP contribution in [0.4, 0.5) is 0 Å². The molecule has 1 fully saturated rings. The van der Waals surface area contributed by atoms with E-state index in [1.54, 1.807) is 7.11 Å². The number of hydrogen-bond acceptors (Lipinski definition) is 4. The van der Waals surface area contributed by atoms with Crippen molar-refractivity contribution < 1.29 is 4.74 Å². The molecule has 1 aromatic carbocycles. The fraction of sp³-hybridized carbons (Fsp3) is 0.368. The predicted octanol–water partition coefficient (Wildman–Crippen LogP) is 3.01. The largest absolute Gasteiger partial charge is 0.381 e. The number of hydrogen-bond donors (Lipinski definition) is 0. The van der Waals surface area contributed by atoms with E-state index >= 15 is 0 Å². The number of ether oxygens (including phenoxy) is 1. The Morgan fingerprint density at radius 3 is 2.67 bits per heavy atom. The van der Waals surface area contributed by atoms with Gasteiger partial charge >= 0.3 is 0 Å². The second-order valence-corrected chi connectivity index (χ2v) is 6.37. The molecule has 5 nitrogen and oxygen atoms in total. The summed E-state index contributed by atoms with van der Waals surface area (Å²) in [6.07, 6.45) is 8.59. The van der Waals surface area contributed by atoms with E-state index in [9.17, 15) is 0 Å². The van der Waals surface area contributed by atoms with Gasteiger partial charge in [0.05, 0.1) is 12.3 Å². The van der Waals surface area contributed by atoms with Gasteiger partial charge < -0.3 is 4.74 Å². The number of piperidine rings is 1. The minimum Gasteiger partial charge on any atom is -0.381 e. The maximum atomic E-state index is 5.44. The summed E-state index contributed by atoms with van der Waals surface area (Å²) in [6.45, 7) is 3.07. The third-order valence-corrected chi connectivity index (χ3v) is 4.77. The van der Waals surface area contributed by atoms with E-state index < -0.39 is 0 Å². The highest BCUT2D eigenvalue weighted by Gasteiger charge is 2.19. The lowest BCUT2D eigenvalue weighted by Crippen LogP contribution is -2.36. The summed E-state index contributed by atoms with van der Waals surface area (Å²) in [5.41, 5.74) is 4.32. The van der Waals surface area contributed by atoms with Crippen molar-refractivity contribution >= 4 is 5.65 Å². The van der Waals surface area contributed by atoms with E-state index in [0.29, 0.717) is 6.10 Å². The Balaban J connectivity index is 1.53. The summed E-state index contributed by atoms with van der Waals surface area (Å²) in [5, 5.41) is 4.49. The van der Waals surface area contributed by atoms with E-state index in [2.05, 4.69) is 33.3 Å². The average molecular weight is 322 g/mol. The van der Waals surface area contributed by atoms with Gasteiger partial charge in [-0.05, 0) is 18.4 Å². The van der Waals surface area contributed by atoms with Gasteiger partial charge in [0.25, 0.3) is 0 Å². The normalized spacial score (nSPS) is 16.7. The van der Waals surface area contributed by atoms with Crippen LogP contribution in [0.1, 0.15) is 18.4 Å². The van der Waals surface area contributed by atoms with Crippen LogP contribution in [0.15, 0.2) is 48.9 Å². The highest BCUT2D eigenvalue weighted by molar-refractivity contribution is 5.76. The second kappa shape index (κ2) is 6.71. The predicted molar refractivity (Wildman–Crippen MR) is 93.7 cm³/mol. The molecule has 1 saturated heterocycles. The smallest absolute Gasteiger partial charge is 0.162 e. The molecule has 0 aliphatic carbocycles. The van der Waals surface area contributed by atoms with Crippen LogP contribution in [0.5, 0.6) is 0 Å². The van der Waals surface area contributed by atoms with Crippen LogP contribution in [0.3, 0.4) is 0 Å². The topological polar surface area (TPSA) is 42.7 Å². The molecule has 0 amide bonds. The van der Waals surface area contributed by atoms with Crippen LogP contribution in [-0.4, -0.2) is 45.8 Å². The lowest BCUT2D eigenvalue weighted by Gasteiger charge is -2.30. The molecule has 0 N–H and O–H groups in total. The molecule has 124 valence electrons. The zero-order chi connectivity index (χ0) is 16.4. The first-order valence-corrected chi connectivity index (χ1v) is 8.46. The van der Waals surface area contributed by atoms with Gasteiger partial charge in [0.2, 0.25) is 0 Å². The van der Waals surface area contributed by atoms with Crippen molar-refractivity contribution in [3.8, 4) is 11.1 Å². The third kappa shape index (κ3) is 3.05. The van der Waals surface area contributed by atoms with Gasteiger partial charge in [0.1, 0.15) is 0 Å². The van der Waals surface area contributed by atoms with Crippen molar-refractivity contribution in [3.63, 3.8) is 0 Å². The number of nitrogens with zero attached hydrogens (tertiary/aromatic N) is 4. The molecular formula is C19H22N4O. The second-order valence-electron chi connectivity index (χ2n) is 6.37. The standard InChI is InChI=1S/C19H22N4O/c1-24-17-7-9-22(10-8-17)13-15-11-20-19-18(12-21-23(19)14-15)16-5-3-2-4-6-16/h2-6,11-12,14,17H,7-10,13H2,1H3. The highest BCUT2D eigenvalue weighted by Crippen LogP contribution is 2.23. The Morgan fingerprint density at radius 1 is 1.12 bits per heavy atom. The van der Waals surface area contributed by atoms with Gasteiger partial charge in [-0.1, -0.05) is 30.3 Å². The average Bonchev–Trinajstić information content (AvgIpc) is 3.06. The molecular weight excluding hydrogens is 300 g/mol. The number of likely N-dealkylation sites (tertiary alicyclic amines) is 1. The Bertz CT molecular complexity index is 807. The van der Waals surface area contributed by atoms with Gasteiger partial charge in [0, 0.05) is 50.3 Å². The quantitative estimate of drug-likeness (QED) is 0.740. The van der Waals surface area contributed by atoms with Crippen LogP contribution in [0, 0.1) is 0 Å². The van der Waals surface area contributed by atoms with E-state index in [1.807, 2.05) is 35.1 Å². The summed E-state index contributed by atoms with van der Waals surface area (Å²) >= 11 is 0. The van der Waals surface area contributed by atoms with Crippen molar-refractivity contribution in [3.05, 3.63) is 54.5 Å². The molecule has 24 heavy (non-hydrogen) atoms. The first-order valence-electron chi connectivity index (χ1n) is 8.46. The van der Waals surface area contributed by atoms with Crippen LogP contribution in [-0.2, 0) is 11.3 Å². The molecule has 0 atom stereocenters. The molecule has 3 heterocycles. The Kier molecular flexibility index (Phi) is 4.28. The van der Waals surface area contributed by atoms with Crippen molar-refractivity contribution in [2.45, 2.75) is 25.5 Å². The Labute approximate surface area is 141 Å². The summed E-state index contributed by atoms with van der Waals surface area (Å²) in [6, 6.07) is 10.3. The minimum atomic E-state index is 0.418. The third-order valence-electron chi connectivity index (χ3n) is 4.77. The van der Waals surface area contributed by atoms with E-state index in [1.165, 1.54) is 5.56 Å². The SMILES string of the molecule is COC1CCN(Cc2cnc3c(-c4ccccc4)cnn3c2)CC1. The van der Waals surface area contributed by atoms with Gasteiger partial charge in [-0.25, -0.2) is 9.50 Å². The Hall–Kier alpha value is -2.24. The van der Waals surface area contributed by atoms with Crippen LogP contribution >= 0.6 is 0 Å². The number of methoxy groups -OCH3 is 1. The molecule has 0 saturated carbocycles. The van der Waals surface area contributed by atoms with Crippen molar-refractivity contribution in [2.24, 2.45) is 0 Å². The molecule has 2 aromatic heterocycles. The van der Waals surface area contributed by atoms with Gasteiger partial charge in [0.15, 0.2) is 5.65 Å². The molecule has 4 rings (SSSR count). The molecule has 1 aliphatic rings. The van der Waals surface area contributed by atoms with E-state index in [0.717, 1.165) is 49.2 Å². The lowest BCUT2D eigenvalue weighted by molar-refractivity contribution is 0.0388. The number of aromatic nitrogens is 3. The Morgan fingerprint density at radius 2 is 1.92 bits per heavy atom. The van der Waals surface area contributed by atoms with Crippen molar-refractivity contribution in [1.82, 2.24) is 19.5 Å². The number of fused-ring (bicyclic) bond motifs is 1. The number of benzene rings is 1. The molecule has 0 bridgehead atoms. The monoisotopic (exact) mass is 322 g/mol. The van der Waals surface area contributed by atoms with Gasteiger partial charge in [-0.15, -0.1) is 0 Å². The fourth-order valence-electron chi connectivity index (χ4n) is 3.38. The van der Waals surface area contributed by atoms with Gasteiger partial charge in [-0.2, -0.15) is 5.10 Å². The molecule has 0 spiro atoms. The van der Waals surface area contributed by atoms with Crippen molar-refractivity contribution in [2.75, 3.05) is 20.2 Å². The summed E-state index contributed by atoms with van der Waals surface area (Å²) in [4.78, 5) is 7.12.